The number of nitrogens with zero attached hydrogens (tertiary/aromatic N) is 1. The third-order valence-corrected chi connectivity index (χ3v) is 6.14. The van der Waals surface area contributed by atoms with Crippen molar-refractivity contribution < 1.29 is 14.3 Å². The number of nitrogens with one attached hydrogen (secondary N) is 2. The lowest BCUT2D eigenvalue weighted by Gasteiger charge is -2.19. The number of fused-ring (bicyclic) bond motifs is 1. The highest BCUT2D eigenvalue weighted by Crippen LogP contribution is 2.31. The quantitative estimate of drug-likeness (QED) is 0.330. The van der Waals surface area contributed by atoms with Gasteiger partial charge in [-0.25, -0.2) is 0 Å². The van der Waals surface area contributed by atoms with Gasteiger partial charge in [0.15, 0.2) is 0 Å². The molecule has 0 saturated heterocycles. The Labute approximate surface area is 206 Å². The number of carbonyl (C=O) groups is 1. The monoisotopic (exact) mass is 469 g/mol. The molecule has 0 aliphatic heterocycles. The summed E-state index contributed by atoms with van der Waals surface area (Å²) >= 11 is 0. The summed E-state index contributed by atoms with van der Waals surface area (Å²) in [6.07, 6.45) is 5.31. The minimum atomic E-state index is -0.176. The second-order valence-electron chi connectivity index (χ2n) is 8.51. The van der Waals surface area contributed by atoms with E-state index in [-0.39, 0.29) is 11.8 Å². The van der Waals surface area contributed by atoms with Gasteiger partial charge in [-0.2, -0.15) is 0 Å². The largest absolute Gasteiger partial charge is 0.497 e. The number of rotatable bonds is 9. The van der Waals surface area contributed by atoms with Gasteiger partial charge in [-0.05, 0) is 53.6 Å². The number of aromatic amines is 1. The molecule has 1 unspecified atom stereocenters. The SMILES string of the molecule is COc1ccc(OC)c(/C=C/C(=O)NCC(c2ccc(N(C)C)cc2)c2c[nH]c3ccccc23)c1. The van der Waals surface area contributed by atoms with Crippen molar-refractivity contribution in [3.63, 3.8) is 0 Å². The average Bonchev–Trinajstić information content (AvgIpc) is 3.31. The summed E-state index contributed by atoms with van der Waals surface area (Å²) in [5.74, 6) is 1.19. The molecular formula is C29H31N3O3. The predicted octanol–water partition coefficient (Wildman–Crippen LogP) is 5.21. The van der Waals surface area contributed by atoms with E-state index < -0.39 is 0 Å². The second kappa shape index (κ2) is 10.8. The Morgan fingerprint density at radius 3 is 2.51 bits per heavy atom. The van der Waals surface area contributed by atoms with E-state index in [1.807, 2.05) is 50.6 Å². The maximum absolute atomic E-state index is 12.8. The van der Waals surface area contributed by atoms with Crippen LogP contribution in [0.5, 0.6) is 11.5 Å². The molecule has 2 N–H and O–H groups in total. The molecule has 0 saturated carbocycles. The molecule has 0 aliphatic rings. The van der Waals surface area contributed by atoms with E-state index in [4.69, 9.17) is 9.47 Å². The predicted molar refractivity (Wildman–Crippen MR) is 143 cm³/mol. The lowest BCUT2D eigenvalue weighted by Crippen LogP contribution is -2.27. The zero-order chi connectivity index (χ0) is 24.8. The molecule has 0 radical (unpaired) electrons. The molecule has 1 amide bonds. The summed E-state index contributed by atoms with van der Waals surface area (Å²) in [4.78, 5) is 18.2. The van der Waals surface area contributed by atoms with E-state index in [2.05, 4.69) is 51.6 Å². The topological polar surface area (TPSA) is 66.6 Å². The molecule has 1 heterocycles. The fourth-order valence-corrected chi connectivity index (χ4v) is 4.19. The fourth-order valence-electron chi connectivity index (χ4n) is 4.19. The van der Waals surface area contributed by atoms with Crippen LogP contribution in [0.1, 0.15) is 22.6 Å². The van der Waals surface area contributed by atoms with Crippen molar-refractivity contribution >= 4 is 28.6 Å². The van der Waals surface area contributed by atoms with Gasteiger partial charge in [0.1, 0.15) is 11.5 Å². The molecule has 4 rings (SSSR count). The number of hydrogen-bond donors (Lipinski definition) is 2. The van der Waals surface area contributed by atoms with Crippen LogP contribution in [0.4, 0.5) is 5.69 Å². The number of methoxy groups -OCH3 is 2. The Bertz CT molecular complexity index is 1320. The van der Waals surface area contributed by atoms with Crippen LogP contribution in [0.25, 0.3) is 17.0 Å². The molecule has 4 aromatic rings. The Balaban J connectivity index is 1.57. The fraction of sp³-hybridized carbons (Fsp3) is 0.207. The van der Waals surface area contributed by atoms with E-state index in [9.17, 15) is 4.79 Å². The summed E-state index contributed by atoms with van der Waals surface area (Å²) in [6, 6.07) is 22.2. The van der Waals surface area contributed by atoms with Gasteiger partial charge in [-0.15, -0.1) is 0 Å². The first kappa shape index (κ1) is 24.0. The third kappa shape index (κ3) is 5.49. The molecule has 1 aromatic heterocycles. The Morgan fingerprint density at radius 1 is 1.03 bits per heavy atom. The molecule has 3 aromatic carbocycles. The van der Waals surface area contributed by atoms with Gasteiger partial charge < -0.3 is 24.7 Å². The van der Waals surface area contributed by atoms with Crippen LogP contribution < -0.4 is 19.7 Å². The van der Waals surface area contributed by atoms with Crippen LogP contribution in [-0.4, -0.2) is 45.8 Å². The van der Waals surface area contributed by atoms with Crippen LogP contribution in [0.15, 0.2) is 79.0 Å². The zero-order valence-electron chi connectivity index (χ0n) is 20.5. The normalized spacial score (nSPS) is 12.0. The highest BCUT2D eigenvalue weighted by atomic mass is 16.5. The molecule has 6 nitrogen and oxygen atoms in total. The van der Waals surface area contributed by atoms with Crippen molar-refractivity contribution in [2.75, 3.05) is 39.8 Å². The van der Waals surface area contributed by atoms with E-state index >= 15 is 0 Å². The van der Waals surface area contributed by atoms with Crippen LogP contribution >= 0.6 is 0 Å². The minimum absolute atomic E-state index is 0.00827. The van der Waals surface area contributed by atoms with Crippen LogP contribution in [-0.2, 0) is 4.79 Å². The van der Waals surface area contributed by atoms with Crippen molar-refractivity contribution in [2.24, 2.45) is 0 Å². The zero-order valence-corrected chi connectivity index (χ0v) is 20.5. The van der Waals surface area contributed by atoms with Gasteiger partial charge in [0.25, 0.3) is 0 Å². The summed E-state index contributed by atoms with van der Waals surface area (Å²) in [6.45, 7) is 0.460. The molecule has 0 bridgehead atoms. The number of anilines is 1. The van der Waals surface area contributed by atoms with Crippen LogP contribution in [0, 0.1) is 0 Å². The third-order valence-electron chi connectivity index (χ3n) is 6.14. The standard InChI is InChI=1S/C29H31N3O3/c1-32(2)22-12-9-20(10-13-22)25(26-19-30-27-8-6-5-7-24(26)27)18-31-29(33)16-11-21-17-23(34-3)14-15-28(21)35-4/h5-17,19,25,30H,18H2,1-4H3,(H,31,33)/b16-11+. The van der Waals surface area contributed by atoms with E-state index in [1.54, 1.807) is 20.3 Å². The summed E-state index contributed by atoms with van der Waals surface area (Å²) in [7, 11) is 7.26. The van der Waals surface area contributed by atoms with Gasteiger partial charge >= 0.3 is 0 Å². The van der Waals surface area contributed by atoms with Crippen molar-refractivity contribution in [3.8, 4) is 11.5 Å². The number of para-hydroxylation sites is 1. The lowest BCUT2D eigenvalue weighted by atomic mass is 9.90. The van der Waals surface area contributed by atoms with Crippen molar-refractivity contribution in [1.82, 2.24) is 10.3 Å². The molecule has 180 valence electrons. The summed E-state index contributed by atoms with van der Waals surface area (Å²) in [5, 5.41) is 4.24. The van der Waals surface area contributed by atoms with Crippen molar-refractivity contribution in [1.29, 1.82) is 0 Å². The number of benzene rings is 3. The highest BCUT2D eigenvalue weighted by molar-refractivity contribution is 5.92. The molecule has 1 atom stereocenters. The first-order chi connectivity index (χ1) is 17.0. The molecule has 0 aliphatic carbocycles. The summed E-state index contributed by atoms with van der Waals surface area (Å²) < 4.78 is 10.7. The Hall–Kier alpha value is -4.19. The van der Waals surface area contributed by atoms with Crippen molar-refractivity contribution in [2.45, 2.75) is 5.92 Å². The van der Waals surface area contributed by atoms with E-state index in [0.717, 1.165) is 33.3 Å². The number of H-pyrrole nitrogens is 1. The average molecular weight is 470 g/mol. The van der Waals surface area contributed by atoms with Crippen LogP contribution in [0.2, 0.25) is 0 Å². The first-order valence-corrected chi connectivity index (χ1v) is 11.5. The Morgan fingerprint density at radius 2 is 1.80 bits per heavy atom. The molecule has 0 spiro atoms. The number of hydrogen-bond acceptors (Lipinski definition) is 4. The minimum Gasteiger partial charge on any atom is -0.497 e. The Kier molecular flexibility index (Phi) is 7.41. The molecule has 0 fully saturated rings. The van der Waals surface area contributed by atoms with Gasteiger partial charge in [-0.3, -0.25) is 4.79 Å². The van der Waals surface area contributed by atoms with Crippen molar-refractivity contribution in [3.05, 3.63) is 95.7 Å². The van der Waals surface area contributed by atoms with Gasteiger partial charge in [0.2, 0.25) is 5.91 Å². The highest BCUT2D eigenvalue weighted by Gasteiger charge is 2.19. The van der Waals surface area contributed by atoms with Crippen LogP contribution in [0.3, 0.4) is 0 Å². The van der Waals surface area contributed by atoms with Gasteiger partial charge in [0.05, 0.1) is 14.2 Å². The molecular weight excluding hydrogens is 438 g/mol. The van der Waals surface area contributed by atoms with Gasteiger partial charge in [-0.1, -0.05) is 30.3 Å². The smallest absolute Gasteiger partial charge is 0.244 e. The number of ether oxygens (including phenoxy) is 2. The van der Waals surface area contributed by atoms with E-state index in [1.165, 1.54) is 6.08 Å². The van der Waals surface area contributed by atoms with E-state index in [0.29, 0.717) is 18.0 Å². The molecule has 6 heteroatoms. The first-order valence-electron chi connectivity index (χ1n) is 11.5. The van der Waals surface area contributed by atoms with Gasteiger partial charge in [0, 0.05) is 61.0 Å². The second-order valence-corrected chi connectivity index (χ2v) is 8.51. The number of amides is 1. The number of aromatic nitrogens is 1. The molecule has 35 heavy (non-hydrogen) atoms. The lowest BCUT2D eigenvalue weighted by molar-refractivity contribution is -0.116. The number of carbonyl (C=O) groups excluding carboxylic acids is 1. The summed E-state index contributed by atoms with van der Waals surface area (Å²) in [5.41, 5.74) is 5.27. The maximum atomic E-state index is 12.8. The maximum Gasteiger partial charge on any atom is 0.244 e.